The Morgan fingerprint density at radius 2 is 2.14 bits per heavy atom. The molecule has 5 nitrogen and oxygen atoms in total. The number of alkyl halides is 2. The molecule has 1 unspecified atom stereocenters. The van der Waals surface area contributed by atoms with Gasteiger partial charge in [-0.25, -0.2) is 4.98 Å². The summed E-state index contributed by atoms with van der Waals surface area (Å²) in [4.78, 5) is 24.1. The third-order valence-corrected chi connectivity index (χ3v) is 5.12. The van der Waals surface area contributed by atoms with Gasteiger partial charge in [0.25, 0.3) is 0 Å². The number of nitrogens with zero attached hydrogens (tertiary/aromatic N) is 1. The maximum absolute atomic E-state index is 14.3. The first-order valence-electron chi connectivity index (χ1n) is 6.14. The van der Waals surface area contributed by atoms with Gasteiger partial charge < -0.3 is 9.42 Å². The molecular weight excluding hydrogens is 383 g/mol. The molecule has 1 aromatic heterocycles. The van der Waals surface area contributed by atoms with Crippen LogP contribution in [0.4, 0.5) is 8.78 Å². The molecule has 0 saturated heterocycles. The number of rotatable bonds is 5. The summed E-state index contributed by atoms with van der Waals surface area (Å²) in [7, 11) is -5.20. The molecule has 0 aliphatic rings. The Morgan fingerprint density at radius 1 is 1.45 bits per heavy atom. The first kappa shape index (κ1) is 17.1. The number of hydrogen-bond donors (Lipinski definition) is 1. The van der Waals surface area contributed by atoms with Crippen molar-refractivity contribution in [1.82, 2.24) is 4.98 Å². The highest BCUT2D eigenvalue weighted by Crippen LogP contribution is 2.64. The lowest BCUT2D eigenvalue weighted by molar-refractivity contribution is 0.0461. The van der Waals surface area contributed by atoms with Crippen LogP contribution in [0, 0.1) is 0 Å². The standard InChI is InChI=1S/C13H11BrF2NO4P/c1-2-21-22(19,20)13(15,16)10-6-12-8(5-11(10)14)3-4-9(7-18)17-12/h3-7H,2H2,1H3,(H,19,20). The molecule has 0 bridgehead atoms. The Labute approximate surface area is 133 Å². The van der Waals surface area contributed by atoms with Crippen LogP contribution in [0.5, 0.6) is 0 Å². The fraction of sp³-hybridized carbons (Fsp3) is 0.231. The van der Waals surface area contributed by atoms with Crippen molar-refractivity contribution in [2.24, 2.45) is 0 Å². The zero-order valence-electron chi connectivity index (χ0n) is 11.3. The third kappa shape index (κ3) is 2.96. The second-order valence-corrected chi connectivity index (χ2v) is 7.07. The maximum atomic E-state index is 14.3. The van der Waals surface area contributed by atoms with Crippen LogP contribution in [0.25, 0.3) is 10.9 Å². The van der Waals surface area contributed by atoms with Crippen LogP contribution < -0.4 is 0 Å². The number of aromatic nitrogens is 1. The number of halogens is 3. The smallest absolute Gasteiger partial charge is 0.320 e. The zero-order valence-corrected chi connectivity index (χ0v) is 13.8. The summed E-state index contributed by atoms with van der Waals surface area (Å²) in [6.45, 7) is 1.01. The fourth-order valence-electron chi connectivity index (χ4n) is 1.86. The number of hydrogen-bond acceptors (Lipinski definition) is 4. The number of pyridine rings is 1. The van der Waals surface area contributed by atoms with Gasteiger partial charge in [-0.2, -0.15) is 8.78 Å². The van der Waals surface area contributed by atoms with E-state index in [1.807, 2.05) is 0 Å². The number of fused-ring (bicyclic) bond motifs is 1. The van der Waals surface area contributed by atoms with Crippen LogP contribution in [0.3, 0.4) is 0 Å². The quantitative estimate of drug-likeness (QED) is 0.611. The Bertz CT molecular complexity index is 784. The van der Waals surface area contributed by atoms with Crippen molar-refractivity contribution in [1.29, 1.82) is 0 Å². The van der Waals surface area contributed by atoms with E-state index in [4.69, 9.17) is 0 Å². The average Bonchev–Trinajstić information content (AvgIpc) is 2.45. The largest absolute Gasteiger partial charge is 0.401 e. The van der Waals surface area contributed by atoms with Crippen molar-refractivity contribution in [2.45, 2.75) is 12.6 Å². The van der Waals surface area contributed by atoms with Gasteiger partial charge in [-0.3, -0.25) is 9.36 Å². The lowest BCUT2D eigenvalue weighted by Crippen LogP contribution is -2.17. The Balaban J connectivity index is 2.66. The molecular formula is C13H11BrF2NO4P. The summed E-state index contributed by atoms with van der Waals surface area (Å²) >= 11 is 2.97. The van der Waals surface area contributed by atoms with Crippen molar-refractivity contribution < 1.29 is 27.6 Å². The Morgan fingerprint density at radius 3 is 2.73 bits per heavy atom. The van der Waals surface area contributed by atoms with Crippen molar-refractivity contribution in [3.05, 3.63) is 40.0 Å². The van der Waals surface area contributed by atoms with Gasteiger partial charge in [0.15, 0.2) is 6.29 Å². The molecule has 1 atom stereocenters. The predicted molar refractivity (Wildman–Crippen MR) is 80.2 cm³/mol. The van der Waals surface area contributed by atoms with Gasteiger partial charge in [0.1, 0.15) is 5.69 Å². The molecule has 1 aromatic carbocycles. The lowest BCUT2D eigenvalue weighted by atomic mass is 10.1. The minimum atomic E-state index is -5.20. The number of carbonyl (C=O) groups is 1. The van der Waals surface area contributed by atoms with Gasteiger partial charge in [-0.05, 0) is 25.1 Å². The van der Waals surface area contributed by atoms with Gasteiger partial charge >= 0.3 is 13.3 Å². The molecule has 0 fully saturated rings. The summed E-state index contributed by atoms with van der Waals surface area (Å²) in [5, 5.41) is 0.501. The maximum Gasteiger partial charge on any atom is 0.401 e. The van der Waals surface area contributed by atoms with E-state index >= 15 is 0 Å². The molecule has 0 saturated carbocycles. The van der Waals surface area contributed by atoms with E-state index in [-0.39, 0.29) is 22.3 Å². The normalized spacial score (nSPS) is 14.8. The summed E-state index contributed by atoms with van der Waals surface area (Å²) in [5.41, 5.74) is -4.66. The molecule has 118 valence electrons. The second kappa shape index (κ2) is 6.12. The van der Waals surface area contributed by atoms with E-state index in [0.29, 0.717) is 11.7 Å². The fourth-order valence-corrected chi connectivity index (χ4v) is 3.63. The highest BCUT2D eigenvalue weighted by atomic mass is 79.9. The average molecular weight is 394 g/mol. The number of carbonyl (C=O) groups excluding carboxylic acids is 1. The van der Waals surface area contributed by atoms with E-state index < -0.39 is 18.8 Å². The lowest BCUT2D eigenvalue weighted by Gasteiger charge is -2.23. The van der Waals surface area contributed by atoms with E-state index in [1.165, 1.54) is 19.1 Å². The third-order valence-electron chi connectivity index (χ3n) is 2.90. The SMILES string of the molecule is CCOP(=O)(O)C(F)(F)c1cc2nc(C=O)ccc2cc1Br. The summed E-state index contributed by atoms with van der Waals surface area (Å²) in [5.74, 6) is 0. The molecule has 9 heteroatoms. The van der Waals surface area contributed by atoms with Gasteiger partial charge in [-0.1, -0.05) is 22.0 Å². The summed E-state index contributed by atoms with van der Waals surface area (Å²) in [6, 6.07) is 5.29. The van der Waals surface area contributed by atoms with E-state index in [2.05, 4.69) is 25.4 Å². The van der Waals surface area contributed by atoms with Crippen LogP contribution in [0.15, 0.2) is 28.7 Å². The molecule has 0 amide bonds. The minimum absolute atomic E-state index is 0.0559. The van der Waals surface area contributed by atoms with Crippen molar-refractivity contribution in [3.8, 4) is 0 Å². The molecule has 2 aromatic rings. The van der Waals surface area contributed by atoms with Crippen LogP contribution in [0.1, 0.15) is 23.0 Å². The number of aldehydes is 1. The Kier molecular flexibility index (Phi) is 4.77. The van der Waals surface area contributed by atoms with Gasteiger partial charge in [0.05, 0.1) is 12.1 Å². The molecule has 2 rings (SSSR count). The molecule has 1 heterocycles. The Hall–Kier alpha value is -1.21. The molecule has 22 heavy (non-hydrogen) atoms. The van der Waals surface area contributed by atoms with E-state index in [1.54, 1.807) is 6.07 Å². The first-order valence-corrected chi connectivity index (χ1v) is 8.51. The van der Waals surface area contributed by atoms with Gasteiger partial charge in [0, 0.05) is 15.4 Å². The molecule has 1 N–H and O–H groups in total. The van der Waals surface area contributed by atoms with E-state index in [0.717, 1.165) is 6.07 Å². The van der Waals surface area contributed by atoms with Crippen molar-refractivity contribution in [3.63, 3.8) is 0 Å². The van der Waals surface area contributed by atoms with Gasteiger partial charge in [-0.15, -0.1) is 0 Å². The van der Waals surface area contributed by atoms with Crippen LogP contribution in [-0.4, -0.2) is 22.8 Å². The molecule has 0 aliphatic heterocycles. The summed E-state index contributed by atoms with van der Waals surface area (Å²) < 4.78 is 44.7. The summed E-state index contributed by atoms with van der Waals surface area (Å²) in [6.07, 6.45) is 0.483. The highest BCUT2D eigenvalue weighted by molar-refractivity contribution is 9.10. The highest BCUT2D eigenvalue weighted by Gasteiger charge is 2.53. The van der Waals surface area contributed by atoms with Crippen molar-refractivity contribution >= 4 is 40.7 Å². The predicted octanol–water partition coefficient (Wildman–Crippen LogP) is 4.08. The second-order valence-electron chi connectivity index (χ2n) is 4.36. The van der Waals surface area contributed by atoms with Crippen LogP contribution in [-0.2, 0) is 14.8 Å². The number of benzene rings is 1. The van der Waals surface area contributed by atoms with E-state index in [9.17, 15) is 23.0 Å². The topological polar surface area (TPSA) is 76.5 Å². The van der Waals surface area contributed by atoms with Crippen LogP contribution >= 0.6 is 23.5 Å². The molecule has 0 radical (unpaired) electrons. The van der Waals surface area contributed by atoms with Crippen LogP contribution in [0.2, 0.25) is 0 Å². The van der Waals surface area contributed by atoms with Crippen molar-refractivity contribution in [2.75, 3.05) is 6.61 Å². The monoisotopic (exact) mass is 393 g/mol. The van der Waals surface area contributed by atoms with Gasteiger partial charge in [0.2, 0.25) is 0 Å². The first-order chi connectivity index (χ1) is 10.2. The minimum Gasteiger partial charge on any atom is -0.320 e. The zero-order chi connectivity index (χ0) is 16.5. The molecule has 0 aliphatic carbocycles. The molecule has 0 spiro atoms.